The summed E-state index contributed by atoms with van der Waals surface area (Å²) in [5.74, 6) is 7.64. The highest BCUT2D eigenvalue weighted by molar-refractivity contribution is 5.48. The number of benzene rings is 1. The van der Waals surface area contributed by atoms with Crippen LogP contribution in [0.1, 0.15) is 37.8 Å². The molecule has 0 aliphatic carbocycles. The van der Waals surface area contributed by atoms with Gasteiger partial charge in [-0.15, -0.1) is 0 Å². The Kier molecular flexibility index (Phi) is 5.67. The van der Waals surface area contributed by atoms with E-state index >= 15 is 0 Å². The van der Waals surface area contributed by atoms with Gasteiger partial charge < -0.3 is 9.84 Å². The first-order chi connectivity index (χ1) is 10.1. The van der Waals surface area contributed by atoms with Crippen molar-refractivity contribution in [3.05, 3.63) is 29.3 Å². The maximum atomic E-state index is 8.83. The van der Waals surface area contributed by atoms with Crippen LogP contribution in [0.2, 0.25) is 0 Å². The molecule has 1 heterocycles. The third kappa shape index (κ3) is 4.23. The van der Waals surface area contributed by atoms with Crippen LogP contribution in [-0.4, -0.2) is 36.3 Å². The van der Waals surface area contributed by atoms with Crippen molar-refractivity contribution in [2.24, 2.45) is 5.92 Å². The number of aliphatic hydroxyl groups is 1. The maximum Gasteiger partial charge on any atom is 0.134 e. The number of hydrogen-bond acceptors (Lipinski definition) is 3. The minimum Gasteiger partial charge on any atom is -0.495 e. The molecule has 114 valence electrons. The molecule has 0 spiro atoms. The first-order valence-electron chi connectivity index (χ1n) is 7.64. The van der Waals surface area contributed by atoms with E-state index in [-0.39, 0.29) is 6.61 Å². The van der Waals surface area contributed by atoms with E-state index in [0.29, 0.717) is 12.5 Å². The predicted octanol–water partition coefficient (Wildman–Crippen LogP) is 2.66. The van der Waals surface area contributed by atoms with E-state index in [1.165, 1.54) is 18.5 Å². The van der Waals surface area contributed by atoms with Gasteiger partial charge in [-0.05, 0) is 37.0 Å². The fraction of sp³-hybridized carbons (Fsp3) is 0.556. The number of rotatable bonds is 4. The predicted molar refractivity (Wildman–Crippen MR) is 85.2 cm³/mol. The molecule has 1 aliphatic heterocycles. The first-order valence-corrected chi connectivity index (χ1v) is 7.64. The van der Waals surface area contributed by atoms with E-state index in [4.69, 9.17) is 9.84 Å². The van der Waals surface area contributed by atoms with Crippen LogP contribution >= 0.6 is 0 Å². The summed E-state index contributed by atoms with van der Waals surface area (Å²) in [6, 6.07) is 6.86. The van der Waals surface area contributed by atoms with Gasteiger partial charge in [0.2, 0.25) is 0 Å². The average molecular weight is 287 g/mol. The van der Waals surface area contributed by atoms with Crippen LogP contribution < -0.4 is 4.74 Å². The number of aliphatic hydroxyl groups excluding tert-OH is 1. The summed E-state index contributed by atoms with van der Waals surface area (Å²) < 4.78 is 5.36. The van der Waals surface area contributed by atoms with E-state index in [2.05, 4.69) is 42.7 Å². The normalized spacial score (nSPS) is 21.9. The quantitative estimate of drug-likeness (QED) is 0.864. The first kappa shape index (κ1) is 15.9. The lowest BCUT2D eigenvalue weighted by atomic mass is 10.1. The largest absolute Gasteiger partial charge is 0.495 e. The molecule has 3 nitrogen and oxygen atoms in total. The lowest BCUT2D eigenvalue weighted by molar-refractivity contribution is 0.256. The summed E-state index contributed by atoms with van der Waals surface area (Å²) in [6.45, 7) is 6.84. The van der Waals surface area contributed by atoms with Gasteiger partial charge in [-0.1, -0.05) is 24.8 Å². The molecule has 21 heavy (non-hydrogen) atoms. The van der Waals surface area contributed by atoms with Crippen LogP contribution in [0.5, 0.6) is 5.75 Å². The van der Waals surface area contributed by atoms with Crippen molar-refractivity contribution < 1.29 is 9.84 Å². The molecular weight excluding hydrogens is 262 g/mol. The molecule has 3 heteroatoms. The third-order valence-corrected chi connectivity index (χ3v) is 4.02. The molecule has 1 N–H and O–H groups in total. The molecule has 1 saturated heterocycles. The highest BCUT2D eigenvalue weighted by Gasteiger charge is 2.25. The molecule has 0 aromatic heterocycles. The number of likely N-dealkylation sites (tertiary alicyclic amines) is 1. The Morgan fingerprint density at radius 3 is 2.81 bits per heavy atom. The van der Waals surface area contributed by atoms with Crippen LogP contribution in [0.4, 0.5) is 0 Å². The van der Waals surface area contributed by atoms with Gasteiger partial charge in [-0.2, -0.15) is 0 Å². The van der Waals surface area contributed by atoms with Crippen molar-refractivity contribution in [1.82, 2.24) is 4.90 Å². The molecule has 0 saturated carbocycles. The fourth-order valence-electron chi connectivity index (χ4n) is 3.01. The number of ether oxygens (including phenoxy) is 1. The Bertz CT molecular complexity index is 530. The lowest BCUT2D eigenvalue weighted by Gasteiger charge is -2.21. The van der Waals surface area contributed by atoms with E-state index in [1.807, 2.05) is 6.07 Å². The monoisotopic (exact) mass is 287 g/mol. The van der Waals surface area contributed by atoms with E-state index in [9.17, 15) is 0 Å². The molecule has 2 rings (SSSR count). The summed E-state index contributed by atoms with van der Waals surface area (Å²) in [5.41, 5.74) is 2.17. The Morgan fingerprint density at radius 1 is 1.38 bits per heavy atom. The SMILES string of the molecule is COc1ccc(CN2CC(C)CC2C)cc1C#CCCO. The van der Waals surface area contributed by atoms with Crippen LogP contribution in [0.15, 0.2) is 18.2 Å². The van der Waals surface area contributed by atoms with Crippen LogP contribution in [0.3, 0.4) is 0 Å². The Labute approximate surface area is 127 Å². The number of nitrogens with zero attached hydrogens (tertiary/aromatic N) is 1. The van der Waals surface area contributed by atoms with Gasteiger partial charge in [0.25, 0.3) is 0 Å². The highest BCUT2D eigenvalue weighted by Crippen LogP contribution is 2.26. The van der Waals surface area contributed by atoms with E-state index in [1.54, 1.807) is 7.11 Å². The topological polar surface area (TPSA) is 32.7 Å². The summed E-state index contributed by atoms with van der Waals surface area (Å²) in [6.07, 6.45) is 1.77. The molecule has 1 aromatic carbocycles. The van der Waals surface area contributed by atoms with Gasteiger partial charge >= 0.3 is 0 Å². The second kappa shape index (κ2) is 7.49. The fourth-order valence-corrected chi connectivity index (χ4v) is 3.01. The maximum absolute atomic E-state index is 8.83. The van der Waals surface area contributed by atoms with Gasteiger partial charge in [0.1, 0.15) is 5.75 Å². The molecule has 1 aromatic rings. The Morgan fingerprint density at radius 2 is 2.19 bits per heavy atom. The van der Waals surface area contributed by atoms with Crippen molar-refractivity contribution in [3.8, 4) is 17.6 Å². The van der Waals surface area contributed by atoms with E-state index in [0.717, 1.165) is 23.8 Å². The number of hydrogen-bond donors (Lipinski definition) is 1. The molecule has 2 unspecified atom stereocenters. The van der Waals surface area contributed by atoms with Gasteiger partial charge in [-0.3, -0.25) is 4.90 Å². The standard InChI is InChI=1S/C18H25NO2/c1-14-10-15(2)19(12-14)13-16-7-8-18(21-3)17(11-16)6-4-5-9-20/h7-8,11,14-15,20H,5,9-10,12-13H2,1-3H3. The van der Waals surface area contributed by atoms with Crippen molar-refractivity contribution in [1.29, 1.82) is 0 Å². The Hall–Kier alpha value is -1.50. The molecule has 0 bridgehead atoms. The van der Waals surface area contributed by atoms with Gasteiger partial charge in [0, 0.05) is 25.6 Å². The van der Waals surface area contributed by atoms with Gasteiger partial charge in [0.15, 0.2) is 0 Å². The van der Waals surface area contributed by atoms with Crippen molar-refractivity contribution in [2.45, 2.75) is 39.3 Å². The van der Waals surface area contributed by atoms with Crippen LogP contribution in [0, 0.1) is 17.8 Å². The van der Waals surface area contributed by atoms with Crippen molar-refractivity contribution >= 4 is 0 Å². The van der Waals surface area contributed by atoms with Gasteiger partial charge in [-0.25, -0.2) is 0 Å². The van der Waals surface area contributed by atoms with Crippen molar-refractivity contribution in [3.63, 3.8) is 0 Å². The molecule has 0 amide bonds. The smallest absolute Gasteiger partial charge is 0.134 e. The number of methoxy groups -OCH3 is 1. The zero-order chi connectivity index (χ0) is 15.2. The third-order valence-electron chi connectivity index (χ3n) is 4.02. The molecule has 2 atom stereocenters. The van der Waals surface area contributed by atoms with Crippen LogP contribution in [0.25, 0.3) is 0 Å². The molecule has 0 radical (unpaired) electrons. The van der Waals surface area contributed by atoms with Crippen LogP contribution in [-0.2, 0) is 6.54 Å². The van der Waals surface area contributed by atoms with Crippen molar-refractivity contribution in [2.75, 3.05) is 20.3 Å². The molecule has 1 fully saturated rings. The molecule has 1 aliphatic rings. The lowest BCUT2D eigenvalue weighted by Crippen LogP contribution is -2.26. The second-order valence-electron chi connectivity index (χ2n) is 5.93. The minimum absolute atomic E-state index is 0.0954. The van der Waals surface area contributed by atoms with E-state index < -0.39 is 0 Å². The Balaban J connectivity index is 2.14. The minimum atomic E-state index is 0.0954. The zero-order valence-corrected chi connectivity index (χ0v) is 13.2. The summed E-state index contributed by atoms with van der Waals surface area (Å²) >= 11 is 0. The summed E-state index contributed by atoms with van der Waals surface area (Å²) in [4.78, 5) is 2.53. The zero-order valence-electron chi connectivity index (χ0n) is 13.2. The van der Waals surface area contributed by atoms with Gasteiger partial charge in [0.05, 0.1) is 19.3 Å². The molecular formula is C18H25NO2. The summed E-state index contributed by atoms with van der Waals surface area (Å²) in [5, 5.41) is 8.83. The summed E-state index contributed by atoms with van der Waals surface area (Å²) in [7, 11) is 1.66. The second-order valence-corrected chi connectivity index (χ2v) is 5.93. The average Bonchev–Trinajstić information content (AvgIpc) is 2.77. The highest BCUT2D eigenvalue weighted by atomic mass is 16.5.